The lowest BCUT2D eigenvalue weighted by molar-refractivity contribution is -0.146. The number of aliphatic carboxylic acids is 1. The summed E-state index contributed by atoms with van der Waals surface area (Å²) < 4.78 is 37.5. The molecule has 0 aromatic carbocycles. The average Bonchev–Trinajstić information content (AvgIpc) is 3.83. The molecular formula is C53H99N7O13S. The van der Waals surface area contributed by atoms with Gasteiger partial charge in [-0.25, -0.2) is 13.4 Å². The monoisotopic (exact) mass is 1070 g/mol. The Morgan fingerprint density at radius 2 is 1.24 bits per heavy atom. The third-order valence-corrected chi connectivity index (χ3v) is 14.4. The molecule has 0 saturated carbocycles. The molecule has 1 aromatic heterocycles. The number of sulfonamides is 1. The van der Waals surface area contributed by atoms with Gasteiger partial charge in [-0.15, -0.1) is 0 Å². The van der Waals surface area contributed by atoms with Crippen LogP contribution in [0, 0.1) is 16.7 Å². The van der Waals surface area contributed by atoms with Gasteiger partial charge in [-0.1, -0.05) is 118 Å². The van der Waals surface area contributed by atoms with Gasteiger partial charge in [0.15, 0.2) is 5.78 Å². The van der Waals surface area contributed by atoms with E-state index < -0.39 is 67.7 Å². The normalized spacial score (nSPS) is 12.9. The number of hydrogen-bond acceptors (Lipinski definition) is 14. The molecule has 74 heavy (non-hydrogen) atoms. The lowest BCUT2D eigenvalue weighted by atomic mass is 9.71. The number of aromatic amines is 1. The van der Waals surface area contributed by atoms with E-state index in [1.54, 1.807) is 33.9 Å². The second-order valence-electron chi connectivity index (χ2n) is 21.4. The lowest BCUT2D eigenvalue weighted by Crippen LogP contribution is -2.56. The summed E-state index contributed by atoms with van der Waals surface area (Å²) in [5.41, 5.74) is 2.94. The first-order valence-corrected chi connectivity index (χ1v) is 28.6. The molecule has 0 bridgehead atoms. The average molecular weight is 1070 g/mol. The van der Waals surface area contributed by atoms with Crippen molar-refractivity contribution in [1.29, 1.82) is 0 Å². The van der Waals surface area contributed by atoms with Gasteiger partial charge in [0.25, 0.3) is 0 Å². The first-order chi connectivity index (χ1) is 34.8. The molecule has 4 amide bonds. The molecular weight excluding hydrogens is 975 g/mol. The number of aromatic nitrogens is 2. The zero-order chi connectivity index (χ0) is 55.6. The number of carbonyl (C=O) groups excluding carboxylic acids is 7. The maximum Gasteiger partial charge on any atom is 0.306 e. The Labute approximate surface area is 445 Å². The molecule has 0 spiro atoms. The molecule has 1 rings (SSSR count). The Kier molecular flexibility index (Phi) is 33.2. The number of nitrogens with two attached hydrogens (primary N) is 1. The molecule has 8 N–H and O–H groups in total. The number of H-pyrrole nitrogens is 1. The number of carbonyl (C=O) groups is 8. The van der Waals surface area contributed by atoms with Crippen molar-refractivity contribution in [2.24, 2.45) is 22.5 Å². The summed E-state index contributed by atoms with van der Waals surface area (Å²) in [6.45, 7) is 12.3. The first-order valence-electron chi connectivity index (χ1n) is 26.9. The number of ketones is 3. The highest BCUT2D eigenvalue weighted by molar-refractivity contribution is 7.90. The van der Waals surface area contributed by atoms with Crippen LogP contribution in [0.3, 0.4) is 0 Å². The van der Waals surface area contributed by atoms with Gasteiger partial charge in [0.05, 0.1) is 49.4 Å². The maximum atomic E-state index is 13.5. The van der Waals surface area contributed by atoms with Crippen LogP contribution in [0.4, 0.5) is 0 Å². The third-order valence-electron chi connectivity index (χ3n) is 13.0. The molecule has 0 unspecified atom stereocenters. The predicted octanol–water partition coefficient (Wildman–Crippen LogP) is 6.69. The van der Waals surface area contributed by atoms with Gasteiger partial charge in [0, 0.05) is 78.6 Å². The largest absolute Gasteiger partial charge is 0.481 e. The highest BCUT2D eigenvalue weighted by Gasteiger charge is 2.41. The Balaban J connectivity index is -0.0000183. The molecule has 0 radical (unpaired) electrons. The van der Waals surface area contributed by atoms with Gasteiger partial charge in [-0.05, 0) is 39.5 Å². The van der Waals surface area contributed by atoms with Crippen molar-refractivity contribution < 1.29 is 65.6 Å². The maximum absolute atomic E-state index is 13.5. The Hall–Kier alpha value is -4.60. The number of amides is 4. The van der Waals surface area contributed by atoms with Gasteiger partial charge in [-0.2, -0.15) is 0 Å². The molecule has 0 aliphatic carbocycles. The number of hydrogen-bond donors (Lipinski definition) is 7. The Bertz CT molecular complexity index is 1990. The first kappa shape index (κ1) is 67.4. The van der Waals surface area contributed by atoms with Crippen molar-refractivity contribution >= 4 is 57.0 Å². The minimum atomic E-state index is -3.83. The number of carboxylic acids is 1. The molecule has 2 atom stereocenters. The quantitative estimate of drug-likeness (QED) is 0.0335. The number of ether oxygens (including phenoxy) is 2. The zero-order valence-corrected chi connectivity index (χ0v) is 46.6. The second kappa shape index (κ2) is 36.4. The van der Waals surface area contributed by atoms with Crippen LogP contribution in [0.2, 0.25) is 0 Å². The molecule has 0 aliphatic rings. The van der Waals surface area contributed by atoms with E-state index in [2.05, 4.69) is 37.6 Å². The van der Waals surface area contributed by atoms with Gasteiger partial charge < -0.3 is 41.2 Å². The van der Waals surface area contributed by atoms with E-state index in [1.165, 1.54) is 78.0 Å². The van der Waals surface area contributed by atoms with Crippen molar-refractivity contribution in [2.75, 3.05) is 45.3 Å². The highest BCUT2D eigenvalue weighted by Crippen LogP contribution is 2.34. The number of Topliss-reactive ketones (excluding diaryl/α,β-unsaturated/α-hetero) is 3. The molecule has 0 fully saturated rings. The summed E-state index contributed by atoms with van der Waals surface area (Å²) in [5.74, 6) is -5.45. The number of nitrogens with zero attached hydrogens (tertiary/aromatic N) is 1. The summed E-state index contributed by atoms with van der Waals surface area (Å²) in [6.07, 6.45) is 18.9. The second-order valence-corrected chi connectivity index (χ2v) is 23.3. The molecule has 0 saturated heterocycles. The van der Waals surface area contributed by atoms with Crippen LogP contribution in [0.15, 0.2) is 12.5 Å². The predicted molar refractivity (Wildman–Crippen MR) is 289 cm³/mol. The van der Waals surface area contributed by atoms with Crippen LogP contribution in [-0.2, 0) is 64.3 Å². The van der Waals surface area contributed by atoms with Gasteiger partial charge >= 0.3 is 5.97 Å². The summed E-state index contributed by atoms with van der Waals surface area (Å²) in [6, 6.07) is -0.942. The Morgan fingerprint density at radius 3 is 1.84 bits per heavy atom. The highest BCUT2D eigenvalue weighted by atomic mass is 32.2. The van der Waals surface area contributed by atoms with E-state index in [0.717, 1.165) is 19.3 Å². The van der Waals surface area contributed by atoms with E-state index in [4.69, 9.17) is 15.2 Å². The fraction of sp³-hybridized carbons (Fsp3) is 0.792. The molecule has 430 valence electrons. The van der Waals surface area contributed by atoms with E-state index in [-0.39, 0.29) is 119 Å². The Morgan fingerprint density at radius 1 is 0.689 bits per heavy atom. The summed E-state index contributed by atoms with van der Waals surface area (Å²) >= 11 is 0. The van der Waals surface area contributed by atoms with Crippen molar-refractivity contribution in [1.82, 2.24) is 30.6 Å². The van der Waals surface area contributed by atoms with Crippen LogP contribution in [-0.4, -0.2) is 127 Å². The van der Waals surface area contributed by atoms with Gasteiger partial charge in [0.1, 0.15) is 18.2 Å². The van der Waals surface area contributed by atoms with Gasteiger partial charge in [-0.3, -0.25) is 43.1 Å². The SMILES string of the molecule is CCCCCCCCCCCCCCCC(=O)NS(=O)(=O)CCCC(=O)NCCOCCOCC(=O)NCCCC[C@H](CC(=O)C(C)(C)CC(=O)C(C)(C)CC(=O)C(C)(C)NC(=O)[C@@H](N)Cc1cnc[nH]1)C(=O)O.[HH].[HH].[HH]. The minimum absolute atomic E-state index is 0. The standard InChI is InChI=1S/C53H93N7O13S.3H2/c1-8-9-10-11-12-13-14-15-16-17-18-19-20-25-47(65)60-74(70,71)32-23-26-46(64)57-28-29-72-30-31-73-38-48(66)56-27-22-21-24-40(50(68)69)33-43(61)51(2,3)35-44(62)52(4,5)36-45(63)53(6,7)59-49(67)42(54)34-41-37-55-39-58-41;;;/h37,39-40,42H,8-36,38,54H2,1-7H3,(H,55,58)(H,56,66)(H,57,64)(H,59,67)(H,60,65)(H,68,69);3*1H/t40-,42+;;;/m1.../s1. The molecule has 20 nitrogen and oxygen atoms in total. The zero-order valence-electron chi connectivity index (χ0n) is 45.8. The van der Waals surface area contributed by atoms with Gasteiger partial charge in [0.2, 0.25) is 33.7 Å². The summed E-state index contributed by atoms with van der Waals surface area (Å²) in [5, 5.41) is 17.9. The van der Waals surface area contributed by atoms with Crippen molar-refractivity contribution in [3.63, 3.8) is 0 Å². The fourth-order valence-electron chi connectivity index (χ4n) is 8.00. The smallest absolute Gasteiger partial charge is 0.306 e. The van der Waals surface area contributed by atoms with Crippen LogP contribution in [0.1, 0.15) is 200 Å². The molecule has 21 heteroatoms. The van der Waals surface area contributed by atoms with Crippen LogP contribution in [0.5, 0.6) is 0 Å². The molecule has 1 aromatic rings. The summed E-state index contributed by atoms with van der Waals surface area (Å²) in [4.78, 5) is 109. The van der Waals surface area contributed by atoms with Crippen LogP contribution in [0.25, 0.3) is 0 Å². The topological polar surface area (TPSA) is 312 Å². The minimum Gasteiger partial charge on any atom is -0.481 e. The molecule has 1 heterocycles. The van der Waals surface area contributed by atoms with Crippen molar-refractivity contribution in [2.45, 2.75) is 208 Å². The van der Waals surface area contributed by atoms with E-state index >= 15 is 0 Å². The number of unbranched alkanes of at least 4 members (excludes halogenated alkanes) is 13. The van der Waals surface area contributed by atoms with Crippen LogP contribution < -0.4 is 26.4 Å². The number of rotatable bonds is 46. The number of imidazole rings is 1. The van der Waals surface area contributed by atoms with E-state index in [0.29, 0.717) is 25.0 Å². The molecule has 0 aliphatic heterocycles. The number of nitrogens with one attached hydrogen (secondary N) is 5. The lowest BCUT2D eigenvalue weighted by Gasteiger charge is -2.33. The fourth-order valence-corrected chi connectivity index (χ4v) is 9.08. The summed E-state index contributed by atoms with van der Waals surface area (Å²) in [7, 11) is -3.83. The number of carboxylic acid groups (broad SMARTS) is 1. The van der Waals surface area contributed by atoms with Crippen molar-refractivity contribution in [3.05, 3.63) is 18.2 Å². The third kappa shape index (κ3) is 31.3. The van der Waals surface area contributed by atoms with Crippen LogP contribution >= 0.6 is 0 Å². The van der Waals surface area contributed by atoms with E-state index in [1.807, 2.05) is 0 Å². The van der Waals surface area contributed by atoms with Crippen molar-refractivity contribution in [3.8, 4) is 0 Å². The van der Waals surface area contributed by atoms with E-state index in [9.17, 15) is 51.9 Å².